The van der Waals surface area contributed by atoms with Gasteiger partial charge < -0.3 is 9.15 Å². The van der Waals surface area contributed by atoms with Crippen molar-refractivity contribution in [2.75, 3.05) is 14.2 Å². The molecule has 0 atom stereocenters. The molecule has 0 N–H and O–H groups in total. The summed E-state index contributed by atoms with van der Waals surface area (Å²) in [6.45, 7) is 0. The number of carbonyl (C=O) groups is 2. The zero-order chi connectivity index (χ0) is 25.0. The maximum Gasteiger partial charge on any atom is 0.343 e. The van der Waals surface area contributed by atoms with E-state index >= 15 is 0 Å². The van der Waals surface area contributed by atoms with E-state index in [1.165, 1.54) is 50.6 Å². The number of ketones is 1. The second-order valence-corrected chi connectivity index (χ2v) is 9.33. The third-order valence-corrected chi connectivity index (χ3v) is 6.84. The standard InChI is InChI=1S/C26H21NO7S/c1-27(32-2)35(30,31)21-11-7-10-20(16-21)26(29)34-23-12-5-3-8-18(23)14-15-22(28)25-17-19-9-4-6-13-24(19)33-25/h3-17H,1-2H3/b15-14+. The van der Waals surface area contributed by atoms with Crippen LogP contribution in [0.25, 0.3) is 17.0 Å². The summed E-state index contributed by atoms with van der Waals surface area (Å²) in [6.07, 6.45) is 2.85. The van der Waals surface area contributed by atoms with Gasteiger partial charge in [-0.25, -0.2) is 13.2 Å². The fraction of sp³-hybridized carbons (Fsp3) is 0.0769. The lowest BCUT2D eigenvalue weighted by atomic mass is 10.1. The maximum absolute atomic E-state index is 12.8. The van der Waals surface area contributed by atoms with Crippen LogP contribution in [0.15, 0.2) is 94.3 Å². The molecule has 0 bridgehead atoms. The van der Waals surface area contributed by atoms with E-state index < -0.39 is 16.0 Å². The van der Waals surface area contributed by atoms with Crippen LogP contribution in [0.5, 0.6) is 5.75 Å². The van der Waals surface area contributed by atoms with Crippen molar-refractivity contribution in [3.63, 3.8) is 0 Å². The number of sulfonamides is 1. The van der Waals surface area contributed by atoms with E-state index in [1.54, 1.807) is 36.4 Å². The third-order valence-electron chi connectivity index (χ3n) is 5.17. The van der Waals surface area contributed by atoms with Crippen LogP contribution >= 0.6 is 0 Å². The molecule has 4 aromatic rings. The molecule has 178 valence electrons. The highest BCUT2D eigenvalue weighted by Crippen LogP contribution is 2.24. The Morgan fingerprint density at radius 3 is 2.46 bits per heavy atom. The van der Waals surface area contributed by atoms with Gasteiger partial charge in [-0.1, -0.05) is 46.9 Å². The summed E-state index contributed by atoms with van der Waals surface area (Å²) in [5.41, 5.74) is 1.13. The SMILES string of the molecule is CON(C)S(=O)(=O)c1cccc(C(=O)Oc2ccccc2/C=C/C(=O)c2cc3ccccc3o2)c1. The van der Waals surface area contributed by atoms with Gasteiger partial charge in [0.05, 0.1) is 17.6 Å². The van der Waals surface area contributed by atoms with Crippen molar-refractivity contribution < 1.29 is 32.0 Å². The Morgan fingerprint density at radius 1 is 0.943 bits per heavy atom. The average molecular weight is 492 g/mol. The number of fused-ring (bicyclic) bond motifs is 1. The lowest BCUT2D eigenvalue weighted by Crippen LogP contribution is -2.26. The number of allylic oxidation sites excluding steroid dienone is 1. The number of hydrogen-bond donors (Lipinski definition) is 0. The van der Waals surface area contributed by atoms with Crippen molar-refractivity contribution in [1.82, 2.24) is 4.47 Å². The number of furan rings is 1. The van der Waals surface area contributed by atoms with Gasteiger partial charge in [0.1, 0.15) is 11.3 Å². The van der Waals surface area contributed by atoms with E-state index in [4.69, 9.17) is 14.0 Å². The average Bonchev–Trinajstić information content (AvgIpc) is 3.32. The highest BCUT2D eigenvalue weighted by atomic mass is 32.2. The zero-order valence-corrected chi connectivity index (χ0v) is 19.7. The van der Waals surface area contributed by atoms with Crippen LogP contribution in [-0.4, -0.2) is 38.8 Å². The van der Waals surface area contributed by atoms with Crippen molar-refractivity contribution >= 4 is 38.8 Å². The maximum atomic E-state index is 12.8. The highest BCUT2D eigenvalue weighted by Gasteiger charge is 2.22. The van der Waals surface area contributed by atoms with Crippen molar-refractivity contribution in [3.05, 3.63) is 102 Å². The zero-order valence-electron chi connectivity index (χ0n) is 18.9. The van der Waals surface area contributed by atoms with E-state index in [0.29, 0.717) is 15.6 Å². The summed E-state index contributed by atoms with van der Waals surface area (Å²) < 4.78 is 36.7. The van der Waals surface area contributed by atoms with E-state index in [0.717, 1.165) is 5.39 Å². The second kappa shape index (κ2) is 10.1. The Labute approximate surface area is 202 Å². The minimum Gasteiger partial charge on any atom is -0.453 e. The summed E-state index contributed by atoms with van der Waals surface area (Å²) in [4.78, 5) is 30.0. The van der Waals surface area contributed by atoms with Crippen LogP contribution < -0.4 is 4.74 Å². The fourth-order valence-corrected chi connectivity index (χ4v) is 4.27. The number of nitrogens with zero attached hydrogens (tertiary/aromatic N) is 1. The first-order chi connectivity index (χ1) is 16.8. The van der Waals surface area contributed by atoms with Crippen molar-refractivity contribution in [2.24, 2.45) is 0 Å². The number of para-hydroxylation sites is 2. The molecule has 4 rings (SSSR count). The molecule has 0 aliphatic rings. The topological polar surface area (TPSA) is 103 Å². The molecule has 1 heterocycles. The largest absolute Gasteiger partial charge is 0.453 e. The molecule has 9 heteroatoms. The van der Waals surface area contributed by atoms with E-state index in [1.807, 2.05) is 18.2 Å². The Kier molecular flexibility index (Phi) is 6.92. The molecule has 35 heavy (non-hydrogen) atoms. The predicted molar refractivity (Wildman–Crippen MR) is 129 cm³/mol. The first-order valence-corrected chi connectivity index (χ1v) is 11.9. The minimum atomic E-state index is -3.93. The normalized spacial score (nSPS) is 11.9. The molecule has 0 radical (unpaired) electrons. The molecule has 0 saturated heterocycles. The Bertz CT molecular complexity index is 1500. The molecule has 1 aromatic heterocycles. The number of esters is 1. The molecule has 0 amide bonds. The monoisotopic (exact) mass is 491 g/mol. The summed E-state index contributed by atoms with van der Waals surface area (Å²) in [5, 5.41) is 0.819. The van der Waals surface area contributed by atoms with Gasteiger partial charge in [0.2, 0.25) is 5.78 Å². The molecular formula is C26H21NO7S. The molecule has 0 fully saturated rings. The molecule has 0 unspecified atom stereocenters. The predicted octanol–water partition coefficient (Wildman–Crippen LogP) is 4.73. The smallest absolute Gasteiger partial charge is 0.343 e. The van der Waals surface area contributed by atoms with Crippen molar-refractivity contribution in [1.29, 1.82) is 0 Å². The fourth-order valence-electron chi connectivity index (χ4n) is 3.25. The summed E-state index contributed by atoms with van der Waals surface area (Å²) in [7, 11) is -1.47. The highest BCUT2D eigenvalue weighted by molar-refractivity contribution is 7.89. The van der Waals surface area contributed by atoms with Gasteiger partial charge in [0, 0.05) is 18.0 Å². The van der Waals surface area contributed by atoms with Crippen molar-refractivity contribution in [2.45, 2.75) is 4.90 Å². The Balaban J connectivity index is 1.54. The number of hydrogen-bond acceptors (Lipinski definition) is 7. The lowest BCUT2D eigenvalue weighted by molar-refractivity contribution is -0.0258. The number of hydroxylamine groups is 1. The van der Waals surface area contributed by atoms with Crippen LogP contribution in [0.4, 0.5) is 0 Å². The summed E-state index contributed by atoms with van der Waals surface area (Å²) in [6, 6.07) is 21.1. The quantitative estimate of drug-likeness (QED) is 0.115. The molecule has 0 aliphatic carbocycles. The van der Waals surface area contributed by atoms with Gasteiger partial charge in [-0.05, 0) is 48.6 Å². The van der Waals surface area contributed by atoms with Gasteiger partial charge in [0.25, 0.3) is 10.0 Å². The number of benzene rings is 3. The molecule has 0 spiro atoms. The molecule has 8 nitrogen and oxygen atoms in total. The van der Waals surface area contributed by atoms with Gasteiger partial charge >= 0.3 is 5.97 Å². The van der Waals surface area contributed by atoms with Gasteiger partial charge in [-0.2, -0.15) is 0 Å². The molecule has 3 aromatic carbocycles. The minimum absolute atomic E-state index is 0.0349. The first-order valence-electron chi connectivity index (χ1n) is 10.4. The van der Waals surface area contributed by atoms with Gasteiger partial charge in [-0.3, -0.25) is 9.63 Å². The Morgan fingerprint density at radius 2 is 1.69 bits per heavy atom. The van der Waals surface area contributed by atoms with E-state index in [2.05, 4.69) is 0 Å². The van der Waals surface area contributed by atoms with Crippen LogP contribution in [0.2, 0.25) is 0 Å². The molecular weight excluding hydrogens is 470 g/mol. The number of rotatable bonds is 8. The van der Waals surface area contributed by atoms with Crippen molar-refractivity contribution in [3.8, 4) is 5.75 Å². The number of carbonyl (C=O) groups excluding carboxylic acids is 2. The van der Waals surface area contributed by atoms with Crippen LogP contribution in [-0.2, 0) is 14.9 Å². The number of ether oxygens (including phenoxy) is 1. The van der Waals surface area contributed by atoms with Gasteiger partial charge in [-0.15, -0.1) is 0 Å². The van der Waals surface area contributed by atoms with Gasteiger partial charge in [0.15, 0.2) is 5.76 Å². The second-order valence-electron chi connectivity index (χ2n) is 7.40. The van der Waals surface area contributed by atoms with Crippen LogP contribution in [0.3, 0.4) is 0 Å². The summed E-state index contributed by atoms with van der Waals surface area (Å²) in [5.74, 6) is -0.710. The van der Waals surface area contributed by atoms with E-state index in [-0.39, 0.29) is 27.8 Å². The third kappa shape index (κ3) is 5.22. The first kappa shape index (κ1) is 24.1. The van der Waals surface area contributed by atoms with Crippen LogP contribution in [0.1, 0.15) is 26.5 Å². The van der Waals surface area contributed by atoms with Crippen LogP contribution in [0, 0.1) is 0 Å². The van der Waals surface area contributed by atoms with E-state index in [9.17, 15) is 18.0 Å². The lowest BCUT2D eigenvalue weighted by Gasteiger charge is -2.14. The summed E-state index contributed by atoms with van der Waals surface area (Å²) >= 11 is 0. The molecule has 0 saturated carbocycles. The molecule has 0 aliphatic heterocycles. The Hall–Kier alpha value is -4.05.